The first kappa shape index (κ1) is 28.0. The largest absolute Gasteiger partial charge is 0.467 e. The molecule has 0 fully saturated rings. The zero-order valence-corrected chi connectivity index (χ0v) is 24.1. The summed E-state index contributed by atoms with van der Waals surface area (Å²) < 4.78 is 34.9. The third-order valence-corrected chi connectivity index (χ3v) is 9.69. The summed E-state index contributed by atoms with van der Waals surface area (Å²) in [5, 5.41) is 0.570. The molecule has 2 heterocycles. The molecule has 0 aliphatic carbocycles. The van der Waals surface area contributed by atoms with E-state index in [2.05, 4.69) is 6.07 Å². The molecule has 2 aromatic carbocycles. The minimum Gasteiger partial charge on any atom is -0.467 e. The van der Waals surface area contributed by atoms with Gasteiger partial charge in [0.15, 0.2) is 5.13 Å². The number of hydrogen-bond donors (Lipinski definition) is 0. The minimum absolute atomic E-state index is 0.199. The number of carbonyl (C=O) groups is 1. The molecule has 0 saturated heterocycles. The fourth-order valence-electron chi connectivity index (χ4n) is 4.24. The molecule has 0 spiro atoms. The van der Waals surface area contributed by atoms with Crippen molar-refractivity contribution in [2.24, 2.45) is 0 Å². The van der Waals surface area contributed by atoms with Crippen LogP contribution >= 0.6 is 11.3 Å². The first-order valence-corrected chi connectivity index (χ1v) is 15.3. The van der Waals surface area contributed by atoms with E-state index in [-0.39, 0.29) is 17.3 Å². The topological polar surface area (TPSA) is 83.7 Å². The summed E-state index contributed by atoms with van der Waals surface area (Å²) in [5.41, 5.74) is 3.41. The average Bonchev–Trinajstić information content (AvgIpc) is 3.60. The van der Waals surface area contributed by atoms with E-state index >= 15 is 0 Å². The molecule has 38 heavy (non-hydrogen) atoms. The van der Waals surface area contributed by atoms with Gasteiger partial charge in [0, 0.05) is 18.7 Å². The lowest BCUT2D eigenvalue weighted by Crippen LogP contribution is -2.33. The number of thiazole rings is 1. The van der Waals surface area contributed by atoms with E-state index < -0.39 is 10.0 Å². The van der Waals surface area contributed by atoms with Crippen LogP contribution in [0.4, 0.5) is 5.13 Å². The van der Waals surface area contributed by atoms with E-state index in [1.165, 1.54) is 23.5 Å². The molecule has 0 saturated carbocycles. The van der Waals surface area contributed by atoms with Crippen LogP contribution in [0, 0.1) is 13.8 Å². The first-order chi connectivity index (χ1) is 18.3. The maximum atomic E-state index is 13.8. The second-order valence-corrected chi connectivity index (χ2v) is 12.4. The fraction of sp³-hybridized carbons (Fsp3) is 0.379. The molecule has 0 N–H and O–H groups in total. The van der Waals surface area contributed by atoms with Crippen LogP contribution in [0.3, 0.4) is 0 Å². The summed E-state index contributed by atoms with van der Waals surface area (Å²) in [6, 6.07) is 13.9. The molecule has 202 valence electrons. The number of amides is 1. The van der Waals surface area contributed by atoms with Crippen molar-refractivity contribution in [3.05, 3.63) is 77.2 Å². The summed E-state index contributed by atoms with van der Waals surface area (Å²) in [4.78, 5) is 20.4. The monoisotopic (exact) mass is 553 g/mol. The Labute approximate surface area is 229 Å². The summed E-state index contributed by atoms with van der Waals surface area (Å²) in [5.74, 6) is 0.362. The molecule has 4 aromatic rings. The van der Waals surface area contributed by atoms with Crippen LogP contribution in [0.2, 0.25) is 0 Å². The second-order valence-electron chi connectivity index (χ2n) is 9.48. The zero-order valence-electron chi connectivity index (χ0n) is 22.4. The molecule has 0 radical (unpaired) electrons. The Kier molecular flexibility index (Phi) is 9.02. The number of nitrogens with zero attached hydrogens (tertiary/aromatic N) is 3. The number of aromatic nitrogens is 1. The predicted molar refractivity (Wildman–Crippen MR) is 153 cm³/mol. The van der Waals surface area contributed by atoms with Crippen LogP contribution in [-0.2, 0) is 16.6 Å². The number of anilines is 1. The molecule has 1 amide bonds. The summed E-state index contributed by atoms with van der Waals surface area (Å²) in [6.07, 6.45) is 5.03. The van der Waals surface area contributed by atoms with Crippen LogP contribution in [0.15, 0.2) is 64.1 Å². The highest BCUT2D eigenvalue weighted by Crippen LogP contribution is 2.34. The number of benzene rings is 2. The van der Waals surface area contributed by atoms with Gasteiger partial charge in [0.05, 0.1) is 27.9 Å². The maximum Gasteiger partial charge on any atom is 0.260 e. The normalized spacial score (nSPS) is 11.9. The van der Waals surface area contributed by atoms with Gasteiger partial charge in [-0.15, -0.1) is 0 Å². The number of carbonyl (C=O) groups excluding carboxylic acids is 1. The molecule has 0 aliphatic rings. The van der Waals surface area contributed by atoms with E-state index in [9.17, 15) is 13.2 Å². The molecule has 0 bridgehead atoms. The standard InChI is InChI=1S/C29H35N3O4S2/c1-5-7-17-31(18-8-6-2)38(34,35)25-15-13-23(14-16-25)28(33)32(20-24-10-9-19-36-24)29-30-26-21(3)11-12-22(4)27(26)37-29/h9-16,19H,5-8,17-18,20H2,1-4H3. The lowest BCUT2D eigenvalue weighted by atomic mass is 10.1. The van der Waals surface area contributed by atoms with Gasteiger partial charge in [0.2, 0.25) is 10.0 Å². The quantitative estimate of drug-likeness (QED) is 0.190. The SMILES string of the molecule is CCCCN(CCCC)S(=O)(=O)c1ccc(C(=O)N(Cc2ccco2)c2nc3c(C)ccc(C)c3s2)cc1. The van der Waals surface area contributed by atoms with E-state index in [1.807, 2.05) is 39.8 Å². The Hall–Kier alpha value is -3.01. The molecule has 9 heteroatoms. The molecule has 0 unspecified atom stereocenters. The van der Waals surface area contributed by atoms with Gasteiger partial charge in [-0.25, -0.2) is 13.4 Å². The Morgan fingerprint density at radius 3 is 2.18 bits per heavy atom. The average molecular weight is 554 g/mol. The highest BCUT2D eigenvalue weighted by atomic mass is 32.2. The van der Waals surface area contributed by atoms with Gasteiger partial charge < -0.3 is 4.42 Å². The Morgan fingerprint density at radius 2 is 1.61 bits per heavy atom. The van der Waals surface area contributed by atoms with Gasteiger partial charge >= 0.3 is 0 Å². The lowest BCUT2D eigenvalue weighted by molar-refractivity contribution is 0.0983. The Morgan fingerprint density at radius 1 is 0.947 bits per heavy atom. The van der Waals surface area contributed by atoms with Crippen molar-refractivity contribution >= 4 is 42.6 Å². The molecule has 0 aliphatic heterocycles. The molecule has 4 rings (SSSR count). The van der Waals surface area contributed by atoms with Gasteiger partial charge in [0.25, 0.3) is 5.91 Å². The third-order valence-electron chi connectivity index (χ3n) is 6.56. The minimum atomic E-state index is -3.65. The Bertz CT molecular complexity index is 1430. The number of hydrogen-bond acceptors (Lipinski definition) is 6. The third kappa shape index (κ3) is 6.00. The highest BCUT2D eigenvalue weighted by Gasteiger charge is 2.26. The lowest BCUT2D eigenvalue weighted by Gasteiger charge is -2.22. The van der Waals surface area contributed by atoms with Crippen molar-refractivity contribution in [1.29, 1.82) is 0 Å². The molecule has 2 aromatic heterocycles. The van der Waals surface area contributed by atoms with Crippen LogP contribution in [0.1, 0.15) is 66.8 Å². The molecule has 7 nitrogen and oxygen atoms in total. The molecular weight excluding hydrogens is 518 g/mol. The number of sulfonamides is 1. The number of aryl methyl sites for hydroxylation is 2. The van der Waals surface area contributed by atoms with E-state index in [1.54, 1.807) is 33.7 Å². The number of rotatable bonds is 12. The van der Waals surface area contributed by atoms with Gasteiger partial charge in [-0.1, -0.05) is 50.2 Å². The smallest absolute Gasteiger partial charge is 0.260 e. The van der Waals surface area contributed by atoms with Crippen LogP contribution < -0.4 is 4.90 Å². The van der Waals surface area contributed by atoms with Gasteiger partial charge in [0.1, 0.15) is 5.76 Å². The fourth-order valence-corrected chi connectivity index (χ4v) is 6.87. The highest BCUT2D eigenvalue weighted by molar-refractivity contribution is 7.89. The van der Waals surface area contributed by atoms with Crippen molar-refractivity contribution in [3.8, 4) is 0 Å². The first-order valence-electron chi connectivity index (χ1n) is 13.1. The van der Waals surface area contributed by atoms with Crippen LogP contribution in [0.5, 0.6) is 0 Å². The summed E-state index contributed by atoms with van der Waals surface area (Å²) in [7, 11) is -3.65. The molecular formula is C29H35N3O4S2. The Balaban J connectivity index is 1.66. The van der Waals surface area contributed by atoms with Crippen molar-refractivity contribution in [1.82, 2.24) is 9.29 Å². The van der Waals surface area contributed by atoms with E-state index in [4.69, 9.17) is 9.40 Å². The van der Waals surface area contributed by atoms with Crippen molar-refractivity contribution < 1.29 is 17.6 Å². The molecule has 0 atom stereocenters. The van der Waals surface area contributed by atoms with Gasteiger partial charge in [-0.3, -0.25) is 9.69 Å². The van der Waals surface area contributed by atoms with Gasteiger partial charge in [-0.2, -0.15) is 4.31 Å². The van der Waals surface area contributed by atoms with Crippen molar-refractivity contribution in [2.45, 2.75) is 64.8 Å². The summed E-state index contributed by atoms with van der Waals surface area (Å²) >= 11 is 1.47. The summed E-state index contributed by atoms with van der Waals surface area (Å²) in [6.45, 7) is 9.34. The van der Waals surface area contributed by atoms with Crippen molar-refractivity contribution in [3.63, 3.8) is 0 Å². The van der Waals surface area contributed by atoms with Crippen molar-refractivity contribution in [2.75, 3.05) is 18.0 Å². The number of unbranched alkanes of at least 4 members (excludes halogenated alkanes) is 2. The van der Waals surface area contributed by atoms with Crippen LogP contribution in [0.25, 0.3) is 10.2 Å². The van der Waals surface area contributed by atoms with E-state index in [0.29, 0.717) is 29.5 Å². The zero-order chi connectivity index (χ0) is 27.3. The predicted octanol–water partition coefficient (Wildman–Crippen LogP) is 6.94. The maximum absolute atomic E-state index is 13.8. The second kappa shape index (κ2) is 12.2. The van der Waals surface area contributed by atoms with Gasteiger partial charge in [-0.05, 0) is 74.2 Å². The van der Waals surface area contributed by atoms with E-state index in [0.717, 1.165) is 47.0 Å². The number of furan rings is 1. The van der Waals surface area contributed by atoms with Crippen LogP contribution in [-0.4, -0.2) is 36.7 Å². The number of fused-ring (bicyclic) bond motifs is 1.